The molecule has 5 heteroatoms. The third-order valence-corrected chi connectivity index (χ3v) is 8.61. The summed E-state index contributed by atoms with van der Waals surface area (Å²) in [5.74, 6) is 0. The summed E-state index contributed by atoms with van der Waals surface area (Å²) in [6.45, 7) is 4.81. The lowest BCUT2D eigenvalue weighted by atomic mass is 10.3. The van der Waals surface area contributed by atoms with Crippen molar-refractivity contribution in [3.8, 4) is 0 Å². The van der Waals surface area contributed by atoms with E-state index in [0.717, 1.165) is 11.4 Å². The molecule has 2 aromatic rings. The molecule has 0 bridgehead atoms. The van der Waals surface area contributed by atoms with Crippen molar-refractivity contribution in [3.63, 3.8) is 0 Å². The van der Waals surface area contributed by atoms with E-state index in [2.05, 4.69) is 73.6 Å². The molecule has 0 unspecified atom stereocenters. The van der Waals surface area contributed by atoms with Crippen LogP contribution in [0.15, 0.2) is 73.3 Å². The third kappa shape index (κ3) is 3.32. The molecule has 0 radical (unpaired) electrons. The predicted octanol–water partition coefficient (Wildman–Crippen LogP) is 2.40. The molecule has 132 valence electrons. The fourth-order valence-electron chi connectivity index (χ4n) is 3.35. The van der Waals surface area contributed by atoms with Crippen molar-refractivity contribution < 1.29 is 18.3 Å². The molecule has 0 saturated carbocycles. The maximum atomic E-state index is 3.28. The monoisotopic (exact) mass is 372 g/mol. The maximum Gasteiger partial charge on any atom is 0.495 e. The molecule has 2 aliphatic rings. The molecule has 2 heterocycles. The van der Waals surface area contributed by atoms with E-state index >= 15 is 0 Å². The van der Waals surface area contributed by atoms with Crippen molar-refractivity contribution in [2.45, 2.75) is 13.1 Å². The minimum Gasteiger partial charge on any atom is -0.0968 e. The molecule has 0 N–H and O–H groups in total. The Balaban J connectivity index is 1.75. The van der Waals surface area contributed by atoms with E-state index in [1.54, 1.807) is 0 Å². The van der Waals surface area contributed by atoms with E-state index in [1.165, 1.54) is 10.4 Å². The summed E-state index contributed by atoms with van der Waals surface area (Å²) >= 11 is 0. The van der Waals surface area contributed by atoms with Gasteiger partial charge in [0.25, 0.3) is 12.4 Å². The van der Waals surface area contributed by atoms with E-state index in [-0.39, 0.29) is 0 Å². The van der Waals surface area contributed by atoms with Gasteiger partial charge in [-0.05, 0) is 10.4 Å². The van der Waals surface area contributed by atoms with E-state index in [9.17, 15) is 0 Å². The van der Waals surface area contributed by atoms with Gasteiger partial charge in [-0.3, -0.25) is 0 Å². The lowest BCUT2D eigenvalue weighted by Gasteiger charge is -2.23. The Morgan fingerprint density at radius 3 is 1.48 bits per heavy atom. The highest BCUT2D eigenvalue weighted by molar-refractivity contribution is 7.00. The normalized spacial score (nSPS) is 15.6. The second-order valence-electron chi connectivity index (χ2n) is 7.48. The number of nitrogens with zero attached hydrogens (tertiary/aromatic N) is 4. The van der Waals surface area contributed by atoms with Crippen molar-refractivity contribution in [1.29, 1.82) is 0 Å². The topological polar surface area (TPSA) is 12.0 Å². The molecular weight excluding hydrogens is 348 g/mol. The Morgan fingerprint density at radius 2 is 1.11 bits per heavy atom. The van der Waals surface area contributed by atoms with E-state index in [4.69, 9.17) is 0 Å². The van der Waals surface area contributed by atoms with Gasteiger partial charge >= 0.3 is 12.0 Å². The van der Waals surface area contributed by atoms with Gasteiger partial charge in [0, 0.05) is 24.3 Å². The van der Waals surface area contributed by atoms with Crippen molar-refractivity contribution in [2.75, 3.05) is 14.1 Å². The molecule has 0 amide bonds. The van der Waals surface area contributed by atoms with Crippen LogP contribution in [0.25, 0.3) is 0 Å². The fourth-order valence-corrected chi connectivity index (χ4v) is 5.73. The zero-order valence-electron chi connectivity index (χ0n) is 16.2. The molecule has 27 heavy (non-hydrogen) atoms. The van der Waals surface area contributed by atoms with Gasteiger partial charge in [0.2, 0.25) is 23.8 Å². The molecular formula is C22H24N4Si+4. The Bertz CT molecular complexity index is 1050. The lowest BCUT2D eigenvalue weighted by Crippen LogP contribution is -2.52. The summed E-state index contributed by atoms with van der Waals surface area (Å²) < 4.78 is 7.96. The van der Waals surface area contributed by atoms with E-state index in [0.29, 0.717) is 0 Å². The van der Waals surface area contributed by atoms with Gasteiger partial charge in [-0.25, -0.2) is 0 Å². The van der Waals surface area contributed by atoms with Gasteiger partial charge in [-0.15, -0.1) is 0 Å². The van der Waals surface area contributed by atoms with Crippen LogP contribution in [0, 0.1) is 0 Å². The number of rotatable bonds is 4. The standard InChI is InChI=1S/C22H24N4Si/c1-23-11-13-25(17-23)19-7-5-9-21(15-19)27(3,4)22-10-6-8-20(16-22)26-14-12-24(2)18-26/h5-16H,1-4H3/q+4. The highest BCUT2D eigenvalue weighted by Crippen LogP contribution is 2.17. The summed E-state index contributed by atoms with van der Waals surface area (Å²) in [5.41, 5.74) is 2.30. The highest BCUT2D eigenvalue weighted by atomic mass is 28.3. The predicted molar refractivity (Wildman–Crippen MR) is 110 cm³/mol. The van der Waals surface area contributed by atoms with Crippen molar-refractivity contribution >= 4 is 41.8 Å². The van der Waals surface area contributed by atoms with E-state index < -0.39 is 8.07 Å². The van der Waals surface area contributed by atoms with Gasteiger partial charge in [0.05, 0.1) is 0 Å². The molecule has 0 spiro atoms. The molecule has 0 fully saturated rings. The molecule has 4 nitrogen and oxygen atoms in total. The van der Waals surface area contributed by atoms with Crippen LogP contribution in [0.1, 0.15) is 0 Å². The average Bonchev–Trinajstić information content (AvgIpc) is 3.30. The second kappa shape index (κ2) is 6.56. The van der Waals surface area contributed by atoms with Crippen LogP contribution in [0.3, 0.4) is 0 Å². The third-order valence-electron chi connectivity index (χ3n) is 5.10. The largest absolute Gasteiger partial charge is 0.495 e. The summed E-state index contributed by atoms with van der Waals surface area (Å²) in [6.07, 6.45) is 8.09. The van der Waals surface area contributed by atoms with Crippen LogP contribution in [0.2, 0.25) is 13.1 Å². The molecule has 0 saturated heterocycles. The van der Waals surface area contributed by atoms with Crippen LogP contribution >= 0.6 is 0 Å². The molecule has 2 aliphatic heterocycles. The lowest BCUT2D eigenvalue weighted by molar-refractivity contribution is -0.429. The van der Waals surface area contributed by atoms with Crippen molar-refractivity contribution in [1.82, 2.24) is 0 Å². The first-order valence-electron chi connectivity index (χ1n) is 9.08. The zero-order valence-corrected chi connectivity index (χ0v) is 17.2. The SMILES string of the molecule is C[N+]1=C=[N+](c2cccc([Si](C)(C)c3cccc([N+]4=C=[N+](C)C=C4)c3)c2)C=C1. The van der Waals surface area contributed by atoms with Gasteiger partial charge < -0.3 is 0 Å². The Hall–Kier alpha value is -3.10. The van der Waals surface area contributed by atoms with Crippen molar-refractivity contribution in [2.24, 2.45) is 0 Å². The summed E-state index contributed by atoms with van der Waals surface area (Å²) in [4.78, 5) is 0. The summed E-state index contributed by atoms with van der Waals surface area (Å²) in [6, 6.07) is 24.3. The summed E-state index contributed by atoms with van der Waals surface area (Å²) in [7, 11) is 2.14. The number of benzene rings is 2. The molecule has 4 rings (SSSR count). The summed E-state index contributed by atoms with van der Waals surface area (Å²) in [5, 5.41) is 2.81. The maximum absolute atomic E-state index is 3.28. The first kappa shape index (κ1) is 17.3. The van der Waals surface area contributed by atoms with Crippen molar-refractivity contribution in [3.05, 3.63) is 73.3 Å². The highest BCUT2D eigenvalue weighted by Gasteiger charge is 2.30. The van der Waals surface area contributed by atoms with Crippen LogP contribution in [-0.2, 0) is 0 Å². The Labute approximate surface area is 161 Å². The minimum atomic E-state index is -1.84. The Kier molecular flexibility index (Phi) is 4.21. The number of hydrogen-bond donors (Lipinski definition) is 0. The second-order valence-corrected chi connectivity index (χ2v) is 11.9. The molecule has 0 aromatic heterocycles. The number of hydrogen-bond acceptors (Lipinski definition) is 0. The van der Waals surface area contributed by atoms with Gasteiger partial charge in [0.15, 0.2) is 14.1 Å². The zero-order chi connectivity index (χ0) is 19.0. The van der Waals surface area contributed by atoms with Crippen LogP contribution in [0.4, 0.5) is 11.4 Å². The van der Waals surface area contributed by atoms with Gasteiger partial charge in [-0.2, -0.15) is 0 Å². The first-order valence-corrected chi connectivity index (χ1v) is 12.1. The van der Waals surface area contributed by atoms with E-state index in [1.807, 2.05) is 57.2 Å². The first-order chi connectivity index (χ1) is 12.9. The van der Waals surface area contributed by atoms with Gasteiger partial charge in [0.1, 0.15) is 8.07 Å². The van der Waals surface area contributed by atoms with Crippen LogP contribution in [-0.4, -0.2) is 52.5 Å². The molecule has 2 aromatic carbocycles. The quantitative estimate of drug-likeness (QED) is 0.577. The van der Waals surface area contributed by atoms with Crippen LogP contribution < -0.4 is 10.4 Å². The molecule has 0 atom stereocenters. The smallest absolute Gasteiger partial charge is 0.0968 e. The minimum absolute atomic E-state index is 1.15. The van der Waals surface area contributed by atoms with Gasteiger partial charge in [-0.1, -0.05) is 55.7 Å². The molecule has 0 aliphatic carbocycles. The van der Waals surface area contributed by atoms with Crippen LogP contribution in [0.5, 0.6) is 0 Å². The Morgan fingerprint density at radius 1 is 0.667 bits per heavy atom. The average molecular weight is 373 g/mol. The fraction of sp³-hybridized carbons (Fsp3) is 0.182.